The number of rotatable bonds is 12. The van der Waals surface area contributed by atoms with Gasteiger partial charge < -0.3 is 29.6 Å². The topological polar surface area (TPSA) is 142 Å². The summed E-state index contributed by atoms with van der Waals surface area (Å²) >= 11 is 0. The van der Waals surface area contributed by atoms with Crippen LogP contribution in [-0.4, -0.2) is 62.2 Å². The molecule has 1 aliphatic rings. The molecular weight excluding hydrogens is 604 g/mol. The van der Waals surface area contributed by atoms with Crippen molar-refractivity contribution in [3.05, 3.63) is 112 Å². The lowest BCUT2D eigenvalue weighted by Gasteiger charge is -2.32. The number of carbonyl (C=O) groups excluding carboxylic acids is 2. The second kappa shape index (κ2) is 15.1. The van der Waals surface area contributed by atoms with Crippen molar-refractivity contribution in [2.75, 3.05) is 45.1 Å². The van der Waals surface area contributed by atoms with Gasteiger partial charge in [-0.3, -0.25) is 24.6 Å². The Morgan fingerprint density at radius 3 is 2.11 bits per heavy atom. The number of methoxy groups -OCH3 is 3. The van der Waals surface area contributed by atoms with Gasteiger partial charge in [-0.25, -0.2) is 0 Å². The maximum absolute atomic E-state index is 13.7. The molecule has 1 fully saturated rings. The summed E-state index contributed by atoms with van der Waals surface area (Å²) in [6.45, 7) is 2.38. The number of carbonyl (C=O) groups is 2. The molecule has 0 saturated carbocycles. The predicted octanol–water partition coefficient (Wildman–Crippen LogP) is 6.17. The highest BCUT2D eigenvalue weighted by molar-refractivity contribution is 6.13. The molecule has 0 aliphatic carbocycles. The number of likely N-dealkylation sites (tertiary alicyclic amines) is 1. The smallest absolute Gasteiger partial charge is 0.271 e. The third kappa shape index (κ3) is 8.35. The summed E-state index contributed by atoms with van der Waals surface area (Å²) in [5.74, 6) is 1.08. The van der Waals surface area contributed by atoms with Crippen LogP contribution in [-0.2, 0) is 6.54 Å². The van der Waals surface area contributed by atoms with Gasteiger partial charge in [-0.2, -0.15) is 0 Å². The number of ether oxygens (including phenoxy) is 4. The molecule has 244 valence electrons. The van der Waals surface area contributed by atoms with E-state index in [4.69, 9.17) is 18.9 Å². The number of nitrogens with zero attached hydrogens (tertiary/aromatic N) is 2. The van der Waals surface area contributed by atoms with Gasteiger partial charge in [-0.1, -0.05) is 12.1 Å². The van der Waals surface area contributed by atoms with Crippen LogP contribution in [0.25, 0.3) is 0 Å². The standard InChI is InChI=1S/C35H36N4O8/c1-44-26-10-7-24(8-11-26)36-34(40)30-13-9-25(39(42)43)20-32(30)37-35(41)31-14-12-29(46-3)21-33(31)47-27-15-17-38(18-16-27)22-23-5-4-6-28(19-23)45-2/h4-14,19-21,27H,15-18,22H2,1-3H3,(H,36,40)(H,37,41). The molecule has 4 aromatic carbocycles. The van der Waals surface area contributed by atoms with Crippen LogP contribution in [0, 0.1) is 10.1 Å². The molecule has 47 heavy (non-hydrogen) atoms. The van der Waals surface area contributed by atoms with Crippen molar-refractivity contribution >= 4 is 28.9 Å². The van der Waals surface area contributed by atoms with Crippen LogP contribution in [0.15, 0.2) is 84.9 Å². The van der Waals surface area contributed by atoms with E-state index in [-0.39, 0.29) is 28.6 Å². The van der Waals surface area contributed by atoms with Gasteiger partial charge in [0.1, 0.15) is 29.1 Å². The summed E-state index contributed by atoms with van der Waals surface area (Å²) in [6, 6.07) is 23.2. The molecule has 0 aromatic heterocycles. The van der Waals surface area contributed by atoms with Crippen LogP contribution in [0.2, 0.25) is 0 Å². The van der Waals surface area contributed by atoms with Gasteiger partial charge in [0.05, 0.1) is 43.1 Å². The van der Waals surface area contributed by atoms with E-state index in [1.54, 1.807) is 49.6 Å². The highest BCUT2D eigenvalue weighted by atomic mass is 16.6. The molecule has 0 unspecified atom stereocenters. The normalized spacial score (nSPS) is 13.3. The monoisotopic (exact) mass is 640 g/mol. The number of nitro groups is 1. The average Bonchev–Trinajstić information content (AvgIpc) is 3.09. The van der Waals surface area contributed by atoms with E-state index in [0.717, 1.165) is 49.9 Å². The lowest BCUT2D eigenvalue weighted by Crippen LogP contribution is -2.38. The largest absolute Gasteiger partial charge is 0.497 e. The number of non-ortho nitro benzene ring substituents is 1. The second-order valence-electron chi connectivity index (χ2n) is 10.9. The molecule has 0 radical (unpaired) electrons. The Bertz CT molecular complexity index is 1740. The van der Waals surface area contributed by atoms with Crippen molar-refractivity contribution in [3.63, 3.8) is 0 Å². The molecule has 12 nitrogen and oxygen atoms in total. The summed E-state index contributed by atoms with van der Waals surface area (Å²) < 4.78 is 22.3. The van der Waals surface area contributed by atoms with E-state index in [1.807, 2.05) is 18.2 Å². The summed E-state index contributed by atoms with van der Waals surface area (Å²) in [5.41, 5.74) is 1.56. The van der Waals surface area contributed by atoms with Gasteiger partial charge in [0.25, 0.3) is 17.5 Å². The van der Waals surface area contributed by atoms with E-state index in [0.29, 0.717) is 22.9 Å². The molecule has 2 N–H and O–H groups in total. The van der Waals surface area contributed by atoms with E-state index < -0.39 is 16.7 Å². The Morgan fingerprint density at radius 2 is 1.43 bits per heavy atom. The molecule has 12 heteroatoms. The number of nitro benzene ring substituents is 1. The van der Waals surface area contributed by atoms with E-state index >= 15 is 0 Å². The van der Waals surface area contributed by atoms with E-state index in [9.17, 15) is 19.7 Å². The number of piperidine rings is 1. The third-order valence-electron chi connectivity index (χ3n) is 7.86. The molecule has 4 aromatic rings. The summed E-state index contributed by atoms with van der Waals surface area (Å²) in [4.78, 5) is 40.3. The summed E-state index contributed by atoms with van der Waals surface area (Å²) in [5, 5.41) is 17.0. The van der Waals surface area contributed by atoms with Gasteiger partial charge in [-0.05, 0) is 73.0 Å². The zero-order valence-corrected chi connectivity index (χ0v) is 26.4. The fourth-order valence-electron chi connectivity index (χ4n) is 5.32. The minimum absolute atomic E-state index is 0.0252. The number of anilines is 2. The van der Waals surface area contributed by atoms with Gasteiger partial charge in [0, 0.05) is 43.5 Å². The van der Waals surface area contributed by atoms with E-state index in [2.05, 4.69) is 21.6 Å². The first-order valence-electron chi connectivity index (χ1n) is 15.0. The number of amides is 2. The molecule has 2 amide bonds. The zero-order chi connectivity index (χ0) is 33.3. The van der Waals surface area contributed by atoms with Crippen LogP contribution < -0.4 is 29.6 Å². The van der Waals surface area contributed by atoms with Gasteiger partial charge in [-0.15, -0.1) is 0 Å². The Hall–Kier alpha value is -5.62. The van der Waals surface area contributed by atoms with Crippen molar-refractivity contribution in [3.8, 4) is 23.0 Å². The Balaban J connectivity index is 1.31. The predicted molar refractivity (Wildman–Crippen MR) is 177 cm³/mol. The molecule has 0 atom stereocenters. The molecule has 1 aliphatic heterocycles. The lowest BCUT2D eigenvalue weighted by atomic mass is 10.1. The van der Waals surface area contributed by atoms with Gasteiger partial charge in [0.2, 0.25) is 0 Å². The second-order valence-corrected chi connectivity index (χ2v) is 10.9. The minimum Gasteiger partial charge on any atom is -0.497 e. The highest BCUT2D eigenvalue weighted by Gasteiger charge is 2.25. The quantitative estimate of drug-likeness (QED) is 0.137. The maximum atomic E-state index is 13.7. The van der Waals surface area contributed by atoms with Crippen LogP contribution in [0.5, 0.6) is 23.0 Å². The van der Waals surface area contributed by atoms with Crippen molar-refractivity contribution in [2.24, 2.45) is 0 Å². The third-order valence-corrected chi connectivity index (χ3v) is 7.86. The van der Waals surface area contributed by atoms with Crippen molar-refractivity contribution < 1.29 is 33.5 Å². The van der Waals surface area contributed by atoms with Crippen molar-refractivity contribution in [1.82, 2.24) is 4.90 Å². The van der Waals surface area contributed by atoms with Gasteiger partial charge in [0.15, 0.2) is 0 Å². The summed E-state index contributed by atoms with van der Waals surface area (Å²) in [7, 11) is 4.71. The molecule has 1 saturated heterocycles. The number of hydrogen-bond donors (Lipinski definition) is 2. The summed E-state index contributed by atoms with van der Waals surface area (Å²) in [6.07, 6.45) is 1.32. The Kier molecular flexibility index (Phi) is 10.5. The molecule has 5 rings (SSSR count). The first-order valence-corrected chi connectivity index (χ1v) is 15.0. The molecular formula is C35H36N4O8. The molecule has 0 bridgehead atoms. The van der Waals surface area contributed by atoms with Crippen LogP contribution in [0.3, 0.4) is 0 Å². The lowest BCUT2D eigenvalue weighted by molar-refractivity contribution is -0.384. The van der Waals surface area contributed by atoms with Gasteiger partial charge >= 0.3 is 0 Å². The minimum atomic E-state index is -0.600. The van der Waals surface area contributed by atoms with Crippen LogP contribution in [0.1, 0.15) is 39.1 Å². The highest BCUT2D eigenvalue weighted by Crippen LogP contribution is 2.31. The van der Waals surface area contributed by atoms with Crippen molar-refractivity contribution in [2.45, 2.75) is 25.5 Å². The first-order chi connectivity index (χ1) is 22.8. The van der Waals surface area contributed by atoms with Crippen molar-refractivity contribution in [1.29, 1.82) is 0 Å². The Labute approximate surface area is 272 Å². The van der Waals surface area contributed by atoms with E-state index in [1.165, 1.54) is 26.4 Å². The Morgan fingerprint density at radius 1 is 0.787 bits per heavy atom. The fraction of sp³-hybridized carbons (Fsp3) is 0.257. The van der Waals surface area contributed by atoms with Crippen LogP contribution >= 0.6 is 0 Å². The fourth-order valence-corrected chi connectivity index (χ4v) is 5.32. The number of benzene rings is 4. The average molecular weight is 641 g/mol. The number of nitrogens with one attached hydrogen (secondary N) is 2. The zero-order valence-electron chi connectivity index (χ0n) is 26.4. The SMILES string of the molecule is COc1ccc(NC(=O)c2ccc([N+](=O)[O-])cc2NC(=O)c2ccc(OC)cc2OC2CCN(Cc3cccc(OC)c3)CC2)cc1. The molecule has 1 heterocycles. The molecule has 0 spiro atoms. The van der Waals surface area contributed by atoms with Crippen LogP contribution in [0.4, 0.5) is 17.1 Å². The number of hydrogen-bond acceptors (Lipinski definition) is 9. The maximum Gasteiger partial charge on any atom is 0.271 e. The first kappa shape index (κ1) is 32.8.